The van der Waals surface area contributed by atoms with Gasteiger partial charge in [-0.1, -0.05) is 172 Å². The van der Waals surface area contributed by atoms with Gasteiger partial charge in [0.15, 0.2) is 0 Å². The van der Waals surface area contributed by atoms with Crippen molar-refractivity contribution in [2.24, 2.45) is 0 Å². The lowest BCUT2D eigenvalue weighted by atomic mass is 9.89. The van der Waals surface area contributed by atoms with Crippen LogP contribution in [0, 0.1) is 0 Å². The summed E-state index contributed by atoms with van der Waals surface area (Å²) in [7, 11) is -2.08. The summed E-state index contributed by atoms with van der Waals surface area (Å²) >= 11 is 0. The largest absolute Gasteiger partial charge is 0.121 e. The molecule has 0 atom stereocenters. The fourth-order valence-electron chi connectivity index (χ4n) is 7.02. The number of hydrogen-bond acceptors (Lipinski definition) is 0. The summed E-state index contributed by atoms with van der Waals surface area (Å²) in [5.41, 5.74) is 8.68. The predicted octanol–water partition coefficient (Wildman–Crippen LogP) is 9.58. The molecular weight excluding hydrogens is 541 g/mol. The quantitative estimate of drug-likeness (QED) is 0.102. The van der Waals surface area contributed by atoms with Crippen molar-refractivity contribution in [3.05, 3.63) is 144 Å². The molecule has 0 unspecified atom stereocenters. The Balaban J connectivity index is 1.87. The van der Waals surface area contributed by atoms with Crippen molar-refractivity contribution in [3.63, 3.8) is 0 Å². The third-order valence-electron chi connectivity index (χ3n) is 8.87. The number of hydrogen-bond donors (Lipinski definition) is 0. The Morgan fingerprint density at radius 2 is 0.756 bits per heavy atom. The van der Waals surface area contributed by atoms with Crippen LogP contribution in [0.15, 0.2) is 121 Å². The second kappa shape index (κ2) is 14.8. The fraction of sp³-hybridized carbons (Fsp3) is 0.263. The van der Waals surface area contributed by atoms with Crippen LogP contribution in [0.2, 0.25) is 36.3 Å². The van der Waals surface area contributed by atoms with Crippen LogP contribution >= 0.6 is 0 Å². The molecular formula is C38H46Si3. The molecule has 0 spiro atoms. The van der Waals surface area contributed by atoms with Crippen molar-refractivity contribution in [1.29, 1.82) is 0 Å². The van der Waals surface area contributed by atoms with Crippen molar-refractivity contribution < 1.29 is 0 Å². The Hall–Kier alpha value is -2.99. The van der Waals surface area contributed by atoms with Gasteiger partial charge in [-0.2, -0.15) is 0 Å². The molecule has 0 aliphatic carbocycles. The van der Waals surface area contributed by atoms with Crippen LogP contribution in [0.3, 0.4) is 0 Å². The third-order valence-corrected chi connectivity index (χ3v) is 17.7. The molecule has 4 aromatic rings. The molecule has 41 heavy (non-hydrogen) atoms. The zero-order chi connectivity index (χ0) is 28.3. The van der Waals surface area contributed by atoms with Gasteiger partial charge < -0.3 is 0 Å². The van der Waals surface area contributed by atoms with Crippen molar-refractivity contribution in [2.75, 3.05) is 0 Å². The minimum Gasteiger partial charge on any atom is -0.0683 e. The van der Waals surface area contributed by atoms with Crippen LogP contribution in [0.4, 0.5) is 0 Å². The molecule has 5 rings (SSSR count). The first-order valence-corrected chi connectivity index (χ1v) is 22.4. The maximum Gasteiger partial charge on any atom is 0.121 e. The molecule has 0 fully saturated rings. The highest BCUT2D eigenvalue weighted by molar-refractivity contribution is 7.14. The average Bonchev–Trinajstić information content (AvgIpc) is 3.34. The molecule has 4 aromatic carbocycles. The number of allylic oxidation sites excluding steroid dienone is 2. The first-order chi connectivity index (χ1) is 20.3. The van der Waals surface area contributed by atoms with E-state index >= 15 is 0 Å². The van der Waals surface area contributed by atoms with Gasteiger partial charge in [-0.3, -0.25) is 0 Å². The van der Waals surface area contributed by atoms with E-state index in [2.05, 4.69) is 135 Å². The number of rotatable bonds is 14. The lowest BCUT2D eigenvalue weighted by Gasteiger charge is -2.35. The zero-order valence-corrected chi connectivity index (χ0v) is 28.9. The summed E-state index contributed by atoms with van der Waals surface area (Å²) in [6, 6.07) is 54.3. The van der Waals surface area contributed by atoms with E-state index in [1.165, 1.54) is 82.5 Å². The van der Waals surface area contributed by atoms with Gasteiger partial charge >= 0.3 is 0 Å². The molecule has 1 aliphatic heterocycles. The lowest BCUT2D eigenvalue weighted by molar-refractivity contribution is 0.986. The molecule has 1 heterocycles. The van der Waals surface area contributed by atoms with E-state index in [1.807, 2.05) is 0 Å². The molecule has 0 saturated carbocycles. The average molecular weight is 587 g/mol. The maximum absolute atomic E-state index is 2.41. The van der Waals surface area contributed by atoms with E-state index in [-0.39, 0.29) is 19.0 Å². The molecule has 0 saturated heterocycles. The number of benzene rings is 4. The SMILES string of the molecule is CC[SiH2]CCC[Si]1(CCC[SiH2]CC)C(c2ccccc2)=C(c2ccccc2)C(c2ccccc2)=C1c1ccccc1. The first-order valence-electron chi connectivity index (χ1n) is 16.0. The van der Waals surface area contributed by atoms with Gasteiger partial charge in [-0.15, -0.1) is 0 Å². The Kier molecular flexibility index (Phi) is 10.6. The van der Waals surface area contributed by atoms with Crippen LogP contribution < -0.4 is 0 Å². The predicted molar refractivity (Wildman–Crippen MR) is 192 cm³/mol. The molecule has 1 aliphatic rings. The van der Waals surface area contributed by atoms with Crippen LogP contribution in [0.25, 0.3) is 21.5 Å². The van der Waals surface area contributed by atoms with Gasteiger partial charge in [0.2, 0.25) is 0 Å². The van der Waals surface area contributed by atoms with Crippen LogP contribution in [-0.4, -0.2) is 27.1 Å². The minimum absolute atomic E-state index is 0.0405. The van der Waals surface area contributed by atoms with Gasteiger partial charge in [0.05, 0.1) is 0 Å². The Bertz CT molecular complexity index is 1310. The highest BCUT2D eigenvalue weighted by Crippen LogP contribution is 2.59. The van der Waals surface area contributed by atoms with E-state index in [4.69, 9.17) is 0 Å². The van der Waals surface area contributed by atoms with Crippen molar-refractivity contribution in [3.8, 4) is 0 Å². The first kappa shape index (κ1) is 29.5. The maximum atomic E-state index is 2.41. The fourth-order valence-corrected chi connectivity index (χ4v) is 16.4. The Labute approximate surface area is 254 Å². The van der Waals surface area contributed by atoms with Crippen molar-refractivity contribution in [1.82, 2.24) is 0 Å². The molecule has 0 amide bonds. The Morgan fingerprint density at radius 3 is 1.07 bits per heavy atom. The summed E-state index contributed by atoms with van der Waals surface area (Å²) in [6.07, 6.45) is 2.77. The molecule has 0 nitrogen and oxygen atoms in total. The standard InChI is InChI=1S/C38H46Si3/c1-3-39-27-17-29-41(30-18-28-40-4-2)37(33-23-13-7-14-24-33)35(31-19-9-5-10-20-31)36(32-21-11-6-12-22-32)38(41)34-25-15-8-16-26-34/h5-16,19-26H,3-4,17-18,27-30,39-40H2,1-2H3. The van der Waals surface area contributed by atoms with Gasteiger partial charge in [-0.25, -0.2) is 0 Å². The smallest absolute Gasteiger partial charge is 0.0683 e. The highest BCUT2D eigenvalue weighted by atomic mass is 28.3. The topological polar surface area (TPSA) is 0 Å². The van der Waals surface area contributed by atoms with Crippen LogP contribution in [0.1, 0.15) is 48.9 Å². The molecule has 0 bridgehead atoms. The molecule has 0 N–H and O–H groups in total. The molecule has 3 heteroatoms. The van der Waals surface area contributed by atoms with Gasteiger partial charge in [0, 0.05) is 19.0 Å². The molecule has 0 radical (unpaired) electrons. The summed E-state index contributed by atoms with van der Waals surface area (Å²) in [6.45, 7) is 4.80. The van der Waals surface area contributed by atoms with E-state index in [1.54, 1.807) is 10.4 Å². The zero-order valence-electron chi connectivity index (χ0n) is 25.1. The summed E-state index contributed by atoms with van der Waals surface area (Å²) in [4.78, 5) is 0. The highest BCUT2D eigenvalue weighted by Gasteiger charge is 2.49. The van der Waals surface area contributed by atoms with Crippen molar-refractivity contribution in [2.45, 2.75) is 63.0 Å². The summed E-state index contributed by atoms with van der Waals surface area (Å²) in [5, 5.41) is 3.41. The van der Waals surface area contributed by atoms with Gasteiger partial charge in [-0.05, 0) is 55.9 Å². The van der Waals surface area contributed by atoms with Gasteiger partial charge in [0.1, 0.15) is 8.07 Å². The molecule has 210 valence electrons. The van der Waals surface area contributed by atoms with Crippen LogP contribution in [-0.2, 0) is 0 Å². The summed E-state index contributed by atoms with van der Waals surface area (Å²) in [5.74, 6) is 0. The normalized spacial score (nSPS) is 15.2. The monoisotopic (exact) mass is 586 g/mol. The summed E-state index contributed by atoms with van der Waals surface area (Å²) < 4.78 is 0. The van der Waals surface area contributed by atoms with E-state index in [9.17, 15) is 0 Å². The van der Waals surface area contributed by atoms with E-state index in [0.29, 0.717) is 0 Å². The molecule has 0 aromatic heterocycles. The van der Waals surface area contributed by atoms with E-state index < -0.39 is 8.07 Å². The second-order valence-corrected chi connectivity index (χ2v) is 20.7. The van der Waals surface area contributed by atoms with E-state index in [0.717, 1.165) is 0 Å². The van der Waals surface area contributed by atoms with Gasteiger partial charge in [0.25, 0.3) is 0 Å². The Morgan fingerprint density at radius 1 is 0.439 bits per heavy atom. The third kappa shape index (κ3) is 6.58. The van der Waals surface area contributed by atoms with Crippen molar-refractivity contribution >= 4 is 48.7 Å². The lowest BCUT2D eigenvalue weighted by Crippen LogP contribution is -2.37. The minimum atomic E-state index is -2.16. The second-order valence-electron chi connectivity index (χ2n) is 11.7. The van der Waals surface area contributed by atoms with Crippen LogP contribution in [0.5, 0.6) is 0 Å².